The van der Waals surface area contributed by atoms with Crippen molar-refractivity contribution < 1.29 is 9.52 Å². The summed E-state index contributed by atoms with van der Waals surface area (Å²) in [6.07, 6.45) is 0. The minimum Gasteiger partial charge on any atom is -0.809 e. The Morgan fingerprint density at radius 2 is 2.08 bits per heavy atom. The fourth-order valence-corrected chi connectivity index (χ4v) is 1.15. The lowest BCUT2D eigenvalue weighted by Gasteiger charge is -2.14. The Kier molecular flexibility index (Phi) is 4.19. The van der Waals surface area contributed by atoms with Crippen LogP contribution < -0.4 is 10.4 Å². The first-order chi connectivity index (χ1) is 5.84. The molecule has 1 aromatic rings. The lowest BCUT2D eigenvalue weighted by atomic mass is 10.1. The Hall–Kier alpha value is -0.470. The lowest BCUT2D eigenvalue weighted by molar-refractivity contribution is -0.175. The highest BCUT2D eigenvalue weighted by molar-refractivity contribution is 7.23. The van der Waals surface area contributed by atoms with Crippen molar-refractivity contribution >= 4 is 9.03 Å². The molecule has 0 heterocycles. The first-order valence-corrected chi connectivity index (χ1v) is 4.49. The summed E-state index contributed by atoms with van der Waals surface area (Å²) in [6.45, 7) is 1.94. The van der Waals surface area contributed by atoms with Gasteiger partial charge in [-0.1, -0.05) is 39.4 Å². The summed E-state index contributed by atoms with van der Waals surface area (Å²) < 4.78 is 4.57. The summed E-state index contributed by atoms with van der Waals surface area (Å²) in [5, 5.41) is 0. The van der Waals surface area contributed by atoms with Crippen LogP contribution in [0.3, 0.4) is 0 Å². The standard InChI is InChI=1S/C8H11NO2P/c1-7(9-11-12-10)8-5-3-2-4-6-8/h2-7,9,12H,1H3/q-1/t7-/m1/s1. The minimum absolute atomic E-state index is 0.0626. The van der Waals surface area contributed by atoms with Gasteiger partial charge in [-0.2, -0.15) is 5.48 Å². The normalized spacial score (nSPS) is 13.8. The summed E-state index contributed by atoms with van der Waals surface area (Å²) in [5.74, 6) is 0. The number of hydrogen-bond donors (Lipinski definition) is 1. The smallest absolute Gasteiger partial charge is 0.0545 e. The van der Waals surface area contributed by atoms with E-state index in [4.69, 9.17) is 0 Å². The largest absolute Gasteiger partial charge is 0.809 e. The molecule has 4 heteroatoms. The van der Waals surface area contributed by atoms with Crippen LogP contribution in [0.1, 0.15) is 18.5 Å². The van der Waals surface area contributed by atoms with Gasteiger partial charge in [0.15, 0.2) is 0 Å². The maximum Gasteiger partial charge on any atom is 0.0545 e. The van der Waals surface area contributed by atoms with Crippen LogP contribution in [0.25, 0.3) is 0 Å². The molecule has 0 saturated carbocycles. The van der Waals surface area contributed by atoms with E-state index in [1.807, 2.05) is 37.3 Å². The number of nitrogens with one attached hydrogen (secondary N) is 1. The van der Waals surface area contributed by atoms with Gasteiger partial charge in [0.1, 0.15) is 0 Å². The maximum atomic E-state index is 10.0. The van der Waals surface area contributed by atoms with Crippen LogP contribution >= 0.6 is 9.03 Å². The Balaban J connectivity index is 2.48. The van der Waals surface area contributed by atoms with E-state index in [0.29, 0.717) is 0 Å². The van der Waals surface area contributed by atoms with Crippen molar-refractivity contribution in [2.24, 2.45) is 0 Å². The van der Waals surface area contributed by atoms with Crippen LogP contribution in [0.4, 0.5) is 0 Å². The van der Waals surface area contributed by atoms with Crippen molar-refractivity contribution in [2.75, 3.05) is 0 Å². The molecular formula is C8H11NO2P-. The zero-order chi connectivity index (χ0) is 8.81. The van der Waals surface area contributed by atoms with Crippen LogP contribution in [-0.4, -0.2) is 0 Å². The predicted octanol–water partition coefficient (Wildman–Crippen LogP) is 1.14. The predicted molar refractivity (Wildman–Crippen MR) is 47.4 cm³/mol. The molecular weight excluding hydrogens is 173 g/mol. The van der Waals surface area contributed by atoms with Gasteiger partial charge in [0.05, 0.1) is 6.04 Å². The number of benzene rings is 1. The molecule has 2 atom stereocenters. The van der Waals surface area contributed by atoms with Gasteiger partial charge in [0.2, 0.25) is 0 Å². The molecule has 1 N–H and O–H groups in total. The fourth-order valence-electron chi connectivity index (χ4n) is 0.922. The topological polar surface area (TPSA) is 44.3 Å². The van der Waals surface area contributed by atoms with E-state index in [1.165, 1.54) is 0 Å². The van der Waals surface area contributed by atoms with Crippen molar-refractivity contribution in [3.8, 4) is 0 Å². The molecule has 0 aliphatic carbocycles. The highest BCUT2D eigenvalue weighted by atomic mass is 31.1. The second-order valence-corrected chi connectivity index (χ2v) is 2.81. The Morgan fingerprint density at radius 1 is 1.42 bits per heavy atom. The molecule has 0 fully saturated rings. The molecule has 3 nitrogen and oxygen atoms in total. The second-order valence-electron chi connectivity index (χ2n) is 2.44. The molecule has 0 spiro atoms. The first-order valence-electron chi connectivity index (χ1n) is 3.68. The van der Waals surface area contributed by atoms with Crippen LogP contribution in [0.15, 0.2) is 30.3 Å². The Bertz CT molecular complexity index is 218. The summed E-state index contributed by atoms with van der Waals surface area (Å²) >= 11 is 0. The van der Waals surface area contributed by atoms with E-state index < -0.39 is 9.03 Å². The molecule has 0 aliphatic rings. The van der Waals surface area contributed by atoms with Crippen molar-refractivity contribution in [3.63, 3.8) is 0 Å². The van der Waals surface area contributed by atoms with Crippen molar-refractivity contribution in [3.05, 3.63) is 35.9 Å². The van der Waals surface area contributed by atoms with E-state index in [2.05, 4.69) is 10.1 Å². The maximum absolute atomic E-state index is 10.0. The monoisotopic (exact) mass is 184 g/mol. The van der Waals surface area contributed by atoms with Gasteiger partial charge in [-0.05, 0) is 12.5 Å². The molecule has 0 saturated heterocycles. The van der Waals surface area contributed by atoms with Crippen molar-refractivity contribution in [2.45, 2.75) is 13.0 Å². The molecule has 1 rings (SSSR count). The van der Waals surface area contributed by atoms with E-state index >= 15 is 0 Å². The summed E-state index contributed by atoms with van der Waals surface area (Å²) in [4.78, 5) is 10.0. The molecule has 0 aliphatic heterocycles. The number of hydroxylamine groups is 1. The third-order valence-electron chi connectivity index (χ3n) is 1.58. The molecule has 0 bridgehead atoms. The number of hydrogen-bond acceptors (Lipinski definition) is 3. The van der Waals surface area contributed by atoms with E-state index in [-0.39, 0.29) is 6.04 Å². The van der Waals surface area contributed by atoms with Gasteiger partial charge in [0.25, 0.3) is 0 Å². The van der Waals surface area contributed by atoms with Crippen LogP contribution in [0, 0.1) is 0 Å². The average molecular weight is 184 g/mol. The molecule has 0 aromatic heterocycles. The third kappa shape index (κ3) is 2.88. The van der Waals surface area contributed by atoms with Crippen LogP contribution in [0.2, 0.25) is 0 Å². The van der Waals surface area contributed by atoms with Gasteiger partial charge >= 0.3 is 0 Å². The van der Waals surface area contributed by atoms with Gasteiger partial charge < -0.3 is 4.89 Å². The van der Waals surface area contributed by atoms with E-state index in [0.717, 1.165) is 5.56 Å². The first kappa shape index (κ1) is 9.62. The summed E-state index contributed by atoms with van der Waals surface area (Å²) in [7, 11) is -0.766. The van der Waals surface area contributed by atoms with Crippen molar-refractivity contribution in [1.29, 1.82) is 0 Å². The fraction of sp³-hybridized carbons (Fsp3) is 0.250. The summed E-state index contributed by atoms with van der Waals surface area (Å²) in [5.41, 5.74) is 3.76. The molecule has 0 amide bonds. The average Bonchev–Trinajstić information content (AvgIpc) is 2.15. The van der Waals surface area contributed by atoms with Gasteiger partial charge in [-0.15, -0.1) is 0 Å². The molecule has 1 aromatic carbocycles. The highest BCUT2D eigenvalue weighted by Crippen LogP contribution is 2.12. The van der Waals surface area contributed by atoms with E-state index in [1.54, 1.807) is 0 Å². The summed E-state index contributed by atoms with van der Waals surface area (Å²) in [6, 6.07) is 9.88. The second kappa shape index (κ2) is 5.22. The van der Waals surface area contributed by atoms with Gasteiger partial charge in [-0.25, -0.2) is 0 Å². The quantitative estimate of drug-likeness (QED) is 0.563. The Labute approximate surface area is 73.7 Å². The van der Waals surface area contributed by atoms with E-state index in [9.17, 15) is 4.89 Å². The molecule has 12 heavy (non-hydrogen) atoms. The SMILES string of the molecule is C[C@@H](NOP[O-])c1ccccc1. The molecule has 66 valence electrons. The van der Waals surface area contributed by atoms with Crippen molar-refractivity contribution in [1.82, 2.24) is 5.48 Å². The highest BCUT2D eigenvalue weighted by Gasteiger charge is 2.01. The van der Waals surface area contributed by atoms with Gasteiger partial charge in [0, 0.05) is 0 Å². The minimum atomic E-state index is -0.766. The van der Waals surface area contributed by atoms with Gasteiger partial charge in [-0.3, -0.25) is 4.62 Å². The Morgan fingerprint density at radius 3 is 2.67 bits per heavy atom. The van der Waals surface area contributed by atoms with Crippen LogP contribution in [-0.2, 0) is 4.62 Å². The third-order valence-corrected chi connectivity index (χ3v) is 1.78. The van der Waals surface area contributed by atoms with Crippen LogP contribution in [0.5, 0.6) is 0 Å². The zero-order valence-corrected chi connectivity index (χ0v) is 7.78. The number of rotatable bonds is 4. The zero-order valence-electron chi connectivity index (χ0n) is 6.78. The molecule has 0 radical (unpaired) electrons. The lowest BCUT2D eigenvalue weighted by Crippen LogP contribution is -2.16. The molecule has 1 unspecified atom stereocenters.